The highest BCUT2D eigenvalue weighted by Gasteiger charge is 2.08. The second-order valence-electron chi connectivity index (χ2n) is 4.97. The Morgan fingerprint density at radius 3 is 2.47 bits per heavy atom. The van der Waals surface area contributed by atoms with E-state index < -0.39 is 0 Å². The van der Waals surface area contributed by atoms with Crippen molar-refractivity contribution in [2.75, 3.05) is 6.54 Å². The minimum atomic E-state index is 0.452. The van der Waals surface area contributed by atoms with E-state index in [9.17, 15) is 0 Å². The van der Waals surface area contributed by atoms with Gasteiger partial charge in [-0.15, -0.1) is 0 Å². The van der Waals surface area contributed by atoms with Gasteiger partial charge in [0.2, 0.25) is 0 Å². The van der Waals surface area contributed by atoms with Crippen LogP contribution in [0.4, 0.5) is 0 Å². The molecule has 2 rings (SSSR count). The molecule has 0 aliphatic heterocycles. The average Bonchev–Trinajstić information content (AvgIpc) is 2.87. The Labute approximate surface area is 115 Å². The fourth-order valence-electron chi connectivity index (χ4n) is 2.23. The van der Waals surface area contributed by atoms with Gasteiger partial charge in [0.25, 0.3) is 0 Å². The summed E-state index contributed by atoms with van der Waals surface area (Å²) in [6.45, 7) is 7.54. The molecule has 19 heavy (non-hydrogen) atoms. The molecule has 0 radical (unpaired) electrons. The lowest BCUT2D eigenvalue weighted by Crippen LogP contribution is -2.21. The van der Waals surface area contributed by atoms with Gasteiger partial charge in [0.05, 0.1) is 11.9 Å². The van der Waals surface area contributed by atoms with E-state index in [-0.39, 0.29) is 0 Å². The second kappa shape index (κ2) is 6.53. The number of hydrogen-bond acceptors (Lipinski definition) is 2. The Kier molecular flexibility index (Phi) is 4.74. The first kappa shape index (κ1) is 13.8. The van der Waals surface area contributed by atoms with Crippen LogP contribution in [0.5, 0.6) is 0 Å². The topological polar surface area (TPSA) is 29.9 Å². The van der Waals surface area contributed by atoms with Gasteiger partial charge in [-0.3, -0.25) is 0 Å². The minimum Gasteiger partial charge on any atom is -0.310 e. The number of aromatic nitrogens is 2. The monoisotopic (exact) mass is 257 g/mol. The number of aryl methyl sites for hydroxylation is 1. The van der Waals surface area contributed by atoms with Crippen molar-refractivity contribution in [2.45, 2.75) is 39.7 Å². The number of rotatable bonds is 6. The van der Waals surface area contributed by atoms with Crippen LogP contribution < -0.4 is 5.32 Å². The summed E-state index contributed by atoms with van der Waals surface area (Å²) in [4.78, 5) is 0. The molecule has 1 atom stereocenters. The summed E-state index contributed by atoms with van der Waals surface area (Å²) in [6.07, 6.45) is 6.20. The Morgan fingerprint density at radius 2 is 1.95 bits per heavy atom. The van der Waals surface area contributed by atoms with E-state index in [0.29, 0.717) is 6.04 Å². The van der Waals surface area contributed by atoms with E-state index in [1.54, 1.807) is 0 Å². The molecule has 1 unspecified atom stereocenters. The average molecular weight is 257 g/mol. The van der Waals surface area contributed by atoms with Gasteiger partial charge < -0.3 is 5.32 Å². The lowest BCUT2D eigenvalue weighted by molar-refractivity contribution is 0.518. The van der Waals surface area contributed by atoms with Crippen LogP contribution in [0.2, 0.25) is 0 Å². The minimum absolute atomic E-state index is 0.452. The molecule has 1 N–H and O–H groups in total. The van der Waals surface area contributed by atoms with Gasteiger partial charge in [0, 0.05) is 12.2 Å². The molecule has 2 aromatic rings. The zero-order chi connectivity index (χ0) is 13.7. The van der Waals surface area contributed by atoms with E-state index >= 15 is 0 Å². The largest absolute Gasteiger partial charge is 0.310 e. The van der Waals surface area contributed by atoms with Crippen molar-refractivity contribution in [3.05, 3.63) is 47.8 Å². The first-order chi connectivity index (χ1) is 9.24. The molecular weight excluding hydrogens is 234 g/mol. The standard InChI is InChI=1S/C16H23N3/c1-4-10-17-16(5-2)14-6-8-15(9-7-14)19-12-13(3)11-18-19/h6-9,11-12,16-17H,4-5,10H2,1-3H3. The SMILES string of the molecule is CCCNC(CC)c1ccc(-n2cc(C)cn2)cc1. The smallest absolute Gasteiger partial charge is 0.0645 e. The van der Waals surface area contributed by atoms with Gasteiger partial charge in [-0.2, -0.15) is 5.10 Å². The molecule has 3 heteroatoms. The Hall–Kier alpha value is -1.61. The van der Waals surface area contributed by atoms with Crippen molar-refractivity contribution in [1.82, 2.24) is 15.1 Å². The highest BCUT2D eigenvalue weighted by Crippen LogP contribution is 2.18. The van der Waals surface area contributed by atoms with Crippen LogP contribution in [0.25, 0.3) is 5.69 Å². The van der Waals surface area contributed by atoms with Gasteiger partial charge in [-0.1, -0.05) is 26.0 Å². The van der Waals surface area contributed by atoms with Gasteiger partial charge >= 0.3 is 0 Å². The molecule has 1 aromatic heterocycles. The highest BCUT2D eigenvalue weighted by molar-refractivity contribution is 5.35. The van der Waals surface area contributed by atoms with Crippen molar-refractivity contribution in [2.24, 2.45) is 0 Å². The summed E-state index contributed by atoms with van der Waals surface area (Å²) < 4.78 is 1.92. The van der Waals surface area contributed by atoms with E-state index in [1.807, 2.05) is 17.1 Å². The highest BCUT2D eigenvalue weighted by atomic mass is 15.3. The summed E-state index contributed by atoms with van der Waals surface area (Å²) in [5.74, 6) is 0. The maximum atomic E-state index is 4.33. The van der Waals surface area contributed by atoms with Gasteiger partial charge in [-0.25, -0.2) is 4.68 Å². The fourth-order valence-corrected chi connectivity index (χ4v) is 2.23. The first-order valence-corrected chi connectivity index (χ1v) is 7.09. The third-order valence-electron chi connectivity index (χ3n) is 3.32. The number of nitrogens with zero attached hydrogens (tertiary/aromatic N) is 2. The third-order valence-corrected chi connectivity index (χ3v) is 3.32. The quantitative estimate of drug-likeness (QED) is 0.856. The summed E-state index contributed by atoms with van der Waals surface area (Å²) in [5.41, 5.74) is 3.64. The maximum Gasteiger partial charge on any atom is 0.0645 e. The van der Waals surface area contributed by atoms with Crippen LogP contribution in [0.15, 0.2) is 36.7 Å². The zero-order valence-corrected chi connectivity index (χ0v) is 12.1. The lowest BCUT2D eigenvalue weighted by atomic mass is 10.0. The van der Waals surface area contributed by atoms with Crippen molar-refractivity contribution in [1.29, 1.82) is 0 Å². The molecule has 0 saturated carbocycles. The van der Waals surface area contributed by atoms with Crippen LogP contribution in [0, 0.1) is 6.92 Å². The van der Waals surface area contributed by atoms with Crippen LogP contribution >= 0.6 is 0 Å². The van der Waals surface area contributed by atoms with Gasteiger partial charge in [-0.05, 0) is 49.6 Å². The molecule has 0 fully saturated rings. The molecule has 0 aliphatic rings. The summed E-state index contributed by atoms with van der Waals surface area (Å²) in [7, 11) is 0. The fraction of sp³-hybridized carbons (Fsp3) is 0.438. The van der Waals surface area contributed by atoms with E-state index in [4.69, 9.17) is 0 Å². The molecule has 102 valence electrons. The van der Waals surface area contributed by atoms with Crippen molar-refractivity contribution in [3.63, 3.8) is 0 Å². The molecule has 3 nitrogen and oxygen atoms in total. The lowest BCUT2D eigenvalue weighted by Gasteiger charge is -2.17. The molecule has 0 aliphatic carbocycles. The zero-order valence-electron chi connectivity index (χ0n) is 12.1. The van der Waals surface area contributed by atoms with Crippen molar-refractivity contribution >= 4 is 0 Å². The molecular formula is C16H23N3. The number of nitrogens with one attached hydrogen (secondary N) is 1. The normalized spacial score (nSPS) is 12.6. The van der Waals surface area contributed by atoms with Crippen LogP contribution in [0.3, 0.4) is 0 Å². The first-order valence-electron chi connectivity index (χ1n) is 7.09. The number of hydrogen-bond donors (Lipinski definition) is 1. The molecule has 0 bridgehead atoms. The van der Waals surface area contributed by atoms with Crippen LogP contribution in [-0.4, -0.2) is 16.3 Å². The predicted molar refractivity (Wildman–Crippen MR) is 79.6 cm³/mol. The Balaban J connectivity index is 2.13. The van der Waals surface area contributed by atoms with Gasteiger partial charge in [0.1, 0.15) is 0 Å². The summed E-state index contributed by atoms with van der Waals surface area (Å²) >= 11 is 0. The molecule has 0 saturated heterocycles. The molecule has 1 aromatic carbocycles. The Morgan fingerprint density at radius 1 is 1.21 bits per heavy atom. The number of benzene rings is 1. The Bertz CT molecular complexity index is 499. The molecule has 0 amide bonds. The summed E-state index contributed by atoms with van der Waals surface area (Å²) in [6, 6.07) is 9.12. The second-order valence-corrected chi connectivity index (χ2v) is 4.97. The van der Waals surface area contributed by atoms with E-state index in [0.717, 1.165) is 18.7 Å². The van der Waals surface area contributed by atoms with Crippen molar-refractivity contribution < 1.29 is 0 Å². The molecule has 0 spiro atoms. The van der Waals surface area contributed by atoms with Crippen LogP contribution in [0.1, 0.15) is 43.9 Å². The van der Waals surface area contributed by atoms with Gasteiger partial charge in [0.15, 0.2) is 0 Å². The van der Waals surface area contributed by atoms with E-state index in [2.05, 4.69) is 55.5 Å². The van der Waals surface area contributed by atoms with Crippen LogP contribution in [-0.2, 0) is 0 Å². The summed E-state index contributed by atoms with van der Waals surface area (Å²) in [5, 5.41) is 7.91. The maximum absolute atomic E-state index is 4.33. The molecule has 1 heterocycles. The predicted octanol–water partition coefficient (Wildman–Crippen LogP) is 3.63. The third kappa shape index (κ3) is 3.44. The van der Waals surface area contributed by atoms with Crippen molar-refractivity contribution in [3.8, 4) is 5.69 Å². The van der Waals surface area contributed by atoms with E-state index in [1.165, 1.54) is 17.5 Å².